The third-order valence-corrected chi connectivity index (χ3v) is 4.93. The van der Waals surface area contributed by atoms with Crippen LogP contribution in [-0.4, -0.2) is 54.3 Å². The maximum atomic E-state index is 9.67. The molecule has 1 aliphatic carbocycles. The number of furan rings is 1. The number of nitrogens with one attached hydrogen (secondary N) is 2. The van der Waals surface area contributed by atoms with Gasteiger partial charge < -0.3 is 20.2 Å². The van der Waals surface area contributed by atoms with E-state index >= 15 is 0 Å². The summed E-state index contributed by atoms with van der Waals surface area (Å²) in [6, 6.07) is 4.50. The lowest BCUT2D eigenvalue weighted by atomic mass is 9.93. The molecule has 1 aliphatic rings. The van der Waals surface area contributed by atoms with Crippen molar-refractivity contribution in [1.29, 1.82) is 0 Å². The summed E-state index contributed by atoms with van der Waals surface area (Å²) in [4.78, 5) is 7.19. The number of likely N-dealkylation sites (N-methyl/N-ethyl adjacent to an activating group) is 1. The zero-order chi connectivity index (χ0) is 18.1. The van der Waals surface area contributed by atoms with Crippen molar-refractivity contribution in [2.45, 2.75) is 64.6 Å². The van der Waals surface area contributed by atoms with Gasteiger partial charge in [0.2, 0.25) is 0 Å². The minimum Gasteiger partial charge on any atom is -0.468 e. The van der Waals surface area contributed by atoms with Gasteiger partial charge in [-0.25, -0.2) is 0 Å². The third kappa shape index (κ3) is 7.08. The van der Waals surface area contributed by atoms with Gasteiger partial charge in [0.05, 0.1) is 25.0 Å². The molecule has 6 nitrogen and oxygen atoms in total. The van der Waals surface area contributed by atoms with E-state index in [4.69, 9.17) is 9.41 Å². The first-order valence-electron chi connectivity index (χ1n) is 9.68. The van der Waals surface area contributed by atoms with Gasteiger partial charge in [0.1, 0.15) is 5.76 Å². The van der Waals surface area contributed by atoms with E-state index < -0.39 is 0 Å². The van der Waals surface area contributed by atoms with E-state index in [1.54, 1.807) is 6.26 Å². The first-order valence-corrected chi connectivity index (χ1v) is 9.68. The number of halogens is 1. The van der Waals surface area contributed by atoms with E-state index in [1.165, 1.54) is 0 Å². The predicted molar refractivity (Wildman–Crippen MR) is 117 cm³/mol. The fraction of sp³-hybridized carbons (Fsp3) is 0.737. The van der Waals surface area contributed by atoms with E-state index in [9.17, 15) is 5.11 Å². The van der Waals surface area contributed by atoms with Crippen molar-refractivity contribution in [2.75, 3.05) is 26.2 Å². The van der Waals surface area contributed by atoms with E-state index in [2.05, 4.69) is 36.3 Å². The highest BCUT2D eigenvalue weighted by molar-refractivity contribution is 14.0. The van der Waals surface area contributed by atoms with E-state index in [0.29, 0.717) is 12.6 Å². The maximum absolute atomic E-state index is 9.67. The van der Waals surface area contributed by atoms with Gasteiger partial charge in [-0.3, -0.25) is 9.89 Å². The zero-order valence-electron chi connectivity index (χ0n) is 16.3. The minimum atomic E-state index is -0.136. The van der Waals surface area contributed by atoms with Crippen LogP contribution in [0.3, 0.4) is 0 Å². The van der Waals surface area contributed by atoms with Crippen LogP contribution in [0.25, 0.3) is 0 Å². The van der Waals surface area contributed by atoms with Crippen molar-refractivity contribution in [1.82, 2.24) is 15.5 Å². The number of nitrogens with zero attached hydrogens (tertiary/aromatic N) is 2. The van der Waals surface area contributed by atoms with Crippen molar-refractivity contribution in [2.24, 2.45) is 4.99 Å². The number of rotatable bonds is 8. The molecular formula is C19H35IN4O2. The van der Waals surface area contributed by atoms with Crippen molar-refractivity contribution in [3.63, 3.8) is 0 Å². The Morgan fingerprint density at radius 3 is 2.50 bits per heavy atom. The number of hydrogen-bond donors (Lipinski definition) is 3. The normalized spacial score (nSPS) is 22.0. The van der Waals surface area contributed by atoms with Gasteiger partial charge in [0.25, 0.3) is 0 Å². The molecule has 7 heteroatoms. The third-order valence-electron chi connectivity index (χ3n) is 4.93. The minimum absolute atomic E-state index is 0. The summed E-state index contributed by atoms with van der Waals surface area (Å²) in [5.41, 5.74) is 0. The SMILES string of the molecule is CCNC(=NCC(c1ccco1)N(CC)CC)NC1CCC(O)CC1.I. The Labute approximate surface area is 174 Å². The molecule has 1 fully saturated rings. The highest BCUT2D eigenvalue weighted by Gasteiger charge is 2.22. The Bertz CT molecular complexity index is 498. The monoisotopic (exact) mass is 478 g/mol. The molecule has 0 aliphatic heterocycles. The summed E-state index contributed by atoms with van der Waals surface area (Å²) in [6.07, 6.45) is 5.30. The average molecular weight is 478 g/mol. The zero-order valence-corrected chi connectivity index (χ0v) is 18.6. The molecule has 3 N–H and O–H groups in total. The van der Waals surface area contributed by atoms with Crippen molar-refractivity contribution in [3.05, 3.63) is 24.2 Å². The smallest absolute Gasteiger partial charge is 0.191 e. The van der Waals surface area contributed by atoms with Gasteiger partial charge in [-0.15, -0.1) is 24.0 Å². The second kappa shape index (κ2) is 12.6. The van der Waals surface area contributed by atoms with Gasteiger partial charge in [-0.2, -0.15) is 0 Å². The molecule has 26 heavy (non-hydrogen) atoms. The van der Waals surface area contributed by atoms with Gasteiger partial charge >= 0.3 is 0 Å². The fourth-order valence-electron chi connectivity index (χ4n) is 3.44. The molecule has 2 rings (SSSR count). The summed E-state index contributed by atoms with van der Waals surface area (Å²) >= 11 is 0. The van der Waals surface area contributed by atoms with Crippen molar-refractivity contribution in [3.8, 4) is 0 Å². The average Bonchev–Trinajstić information content (AvgIpc) is 3.15. The number of hydrogen-bond acceptors (Lipinski definition) is 4. The second-order valence-corrected chi connectivity index (χ2v) is 6.62. The van der Waals surface area contributed by atoms with Crippen LogP contribution in [0.15, 0.2) is 27.8 Å². The molecule has 0 aromatic carbocycles. The molecule has 0 amide bonds. The van der Waals surface area contributed by atoms with Crippen molar-refractivity contribution < 1.29 is 9.52 Å². The highest BCUT2D eigenvalue weighted by atomic mass is 127. The Morgan fingerprint density at radius 1 is 1.27 bits per heavy atom. The van der Waals surface area contributed by atoms with E-state index in [-0.39, 0.29) is 36.1 Å². The lowest BCUT2D eigenvalue weighted by molar-refractivity contribution is 0.120. The Balaban J connectivity index is 0.00000338. The van der Waals surface area contributed by atoms with Crippen molar-refractivity contribution >= 4 is 29.9 Å². The Hall–Kier alpha value is -0.800. The molecule has 1 aromatic rings. The number of aliphatic hydroxyl groups is 1. The second-order valence-electron chi connectivity index (χ2n) is 6.62. The molecule has 0 saturated heterocycles. The van der Waals surface area contributed by atoms with Crippen LogP contribution in [0.1, 0.15) is 58.3 Å². The molecule has 0 bridgehead atoms. The first-order chi connectivity index (χ1) is 12.2. The van der Waals surface area contributed by atoms with Crippen LogP contribution >= 0.6 is 24.0 Å². The summed E-state index contributed by atoms with van der Waals surface area (Å²) in [5, 5.41) is 16.5. The van der Waals surface area contributed by atoms with Crippen LogP contribution in [0.2, 0.25) is 0 Å². The number of guanidine groups is 1. The lowest BCUT2D eigenvalue weighted by Crippen LogP contribution is -2.45. The standard InChI is InChI=1S/C19H34N4O2.HI/c1-4-20-19(22-15-9-11-16(24)12-10-15)21-14-17(23(5-2)6-3)18-8-7-13-25-18;/h7-8,13,15-17,24H,4-6,9-12,14H2,1-3H3,(H2,20,21,22);1H. The first kappa shape index (κ1) is 23.2. The Kier molecular flexibility index (Phi) is 11.2. The summed E-state index contributed by atoms with van der Waals surface area (Å²) < 4.78 is 5.65. The van der Waals surface area contributed by atoms with Gasteiger partial charge in [-0.05, 0) is 57.8 Å². The van der Waals surface area contributed by atoms with Gasteiger partial charge in [0, 0.05) is 12.6 Å². The van der Waals surface area contributed by atoms with Crippen LogP contribution in [-0.2, 0) is 0 Å². The molecule has 0 radical (unpaired) electrons. The molecule has 150 valence electrons. The lowest BCUT2D eigenvalue weighted by Gasteiger charge is -2.29. The van der Waals surface area contributed by atoms with Crippen LogP contribution in [0.5, 0.6) is 0 Å². The van der Waals surface area contributed by atoms with Crippen LogP contribution in [0.4, 0.5) is 0 Å². The molecule has 0 spiro atoms. The highest BCUT2D eigenvalue weighted by Crippen LogP contribution is 2.22. The molecule has 1 heterocycles. The topological polar surface area (TPSA) is 73.0 Å². The number of aliphatic imine (C=N–C) groups is 1. The molecule has 1 saturated carbocycles. The molecule has 1 aromatic heterocycles. The quantitative estimate of drug-likeness (QED) is 0.304. The van der Waals surface area contributed by atoms with Crippen LogP contribution < -0.4 is 10.6 Å². The van der Waals surface area contributed by atoms with E-state index in [1.807, 2.05) is 12.1 Å². The number of aliphatic hydroxyl groups excluding tert-OH is 1. The summed E-state index contributed by atoms with van der Waals surface area (Å²) in [6.45, 7) is 9.82. The van der Waals surface area contributed by atoms with Gasteiger partial charge in [-0.1, -0.05) is 13.8 Å². The summed E-state index contributed by atoms with van der Waals surface area (Å²) in [5.74, 6) is 1.82. The molecular weight excluding hydrogens is 443 g/mol. The van der Waals surface area contributed by atoms with Crippen LogP contribution in [0, 0.1) is 0 Å². The largest absolute Gasteiger partial charge is 0.468 e. The molecule has 1 atom stereocenters. The van der Waals surface area contributed by atoms with Gasteiger partial charge in [0.15, 0.2) is 5.96 Å². The maximum Gasteiger partial charge on any atom is 0.191 e. The van der Waals surface area contributed by atoms with E-state index in [0.717, 1.165) is 57.0 Å². The molecule has 1 unspecified atom stereocenters. The fourth-order valence-corrected chi connectivity index (χ4v) is 3.44. The Morgan fingerprint density at radius 2 is 1.96 bits per heavy atom. The summed E-state index contributed by atoms with van der Waals surface area (Å²) in [7, 11) is 0. The predicted octanol–water partition coefficient (Wildman–Crippen LogP) is 3.14.